The van der Waals surface area contributed by atoms with Crippen LogP contribution in [0.5, 0.6) is 0 Å². The van der Waals surface area contributed by atoms with E-state index >= 15 is 0 Å². The number of nitrogens with zero attached hydrogens (tertiary/aromatic N) is 5. The van der Waals surface area contributed by atoms with Crippen LogP contribution in [-0.2, 0) is 4.79 Å². The fraction of sp³-hybridized carbons (Fsp3) is 0.762. The number of piperidine rings is 1. The van der Waals surface area contributed by atoms with E-state index in [0.717, 1.165) is 71.0 Å². The zero-order valence-corrected chi connectivity index (χ0v) is 18.1. The SMILES string of the molecule is CCCN1CCN(CCNC(=O)CC2CCN(c3ccnc(NC)n3)CC2)CC1. The van der Waals surface area contributed by atoms with Gasteiger partial charge in [-0.2, -0.15) is 4.98 Å². The monoisotopic (exact) mass is 403 g/mol. The summed E-state index contributed by atoms with van der Waals surface area (Å²) < 4.78 is 0. The van der Waals surface area contributed by atoms with E-state index in [1.807, 2.05) is 13.1 Å². The van der Waals surface area contributed by atoms with Crippen LogP contribution in [0.1, 0.15) is 32.6 Å². The quantitative estimate of drug-likeness (QED) is 0.643. The zero-order chi connectivity index (χ0) is 20.5. The van der Waals surface area contributed by atoms with Gasteiger partial charge >= 0.3 is 0 Å². The van der Waals surface area contributed by atoms with Gasteiger partial charge in [-0.15, -0.1) is 0 Å². The molecule has 8 heteroatoms. The molecule has 0 bridgehead atoms. The number of piperazine rings is 1. The molecule has 1 aromatic heterocycles. The minimum atomic E-state index is 0.201. The second kappa shape index (κ2) is 11.3. The highest BCUT2D eigenvalue weighted by Crippen LogP contribution is 2.24. The van der Waals surface area contributed by atoms with E-state index in [1.165, 1.54) is 13.0 Å². The molecule has 0 aliphatic carbocycles. The molecule has 2 aliphatic rings. The maximum atomic E-state index is 12.3. The van der Waals surface area contributed by atoms with Crippen molar-refractivity contribution in [3.63, 3.8) is 0 Å². The lowest BCUT2D eigenvalue weighted by Gasteiger charge is -2.34. The Labute approximate surface area is 175 Å². The molecule has 2 aliphatic heterocycles. The van der Waals surface area contributed by atoms with Crippen LogP contribution in [0.4, 0.5) is 11.8 Å². The van der Waals surface area contributed by atoms with Crippen molar-refractivity contribution >= 4 is 17.7 Å². The predicted octanol–water partition coefficient (Wildman–Crippen LogP) is 1.27. The Morgan fingerprint density at radius 3 is 2.45 bits per heavy atom. The number of carbonyl (C=O) groups excluding carboxylic acids is 1. The molecular formula is C21H37N7O. The summed E-state index contributed by atoms with van der Waals surface area (Å²) in [4.78, 5) is 28.3. The molecule has 2 fully saturated rings. The van der Waals surface area contributed by atoms with E-state index in [2.05, 4.69) is 42.2 Å². The summed E-state index contributed by atoms with van der Waals surface area (Å²) in [6, 6.07) is 1.95. The molecule has 3 heterocycles. The fourth-order valence-corrected chi connectivity index (χ4v) is 4.25. The molecule has 0 spiro atoms. The van der Waals surface area contributed by atoms with Gasteiger partial charge in [0.1, 0.15) is 5.82 Å². The zero-order valence-electron chi connectivity index (χ0n) is 18.1. The summed E-state index contributed by atoms with van der Waals surface area (Å²) in [6.45, 7) is 11.6. The van der Waals surface area contributed by atoms with Gasteiger partial charge in [0, 0.05) is 72.0 Å². The van der Waals surface area contributed by atoms with Gasteiger partial charge in [0.05, 0.1) is 0 Å². The van der Waals surface area contributed by atoms with E-state index in [-0.39, 0.29) is 5.91 Å². The Morgan fingerprint density at radius 2 is 1.79 bits per heavy atom. The van der Waals surface area contributed by atoms with Crippen LogP contribution in [0.15, 0.2) is 12.3 Å². The molecule has 29 heavy (non-hydrogen) atoms. The topological polar surface area (TPSA) is 76.6 Å². The van der Waals surface area contributed by atoms with Crippen molar-refractivity contribution < 1.29 is 4.79 Å². The van der Waals surface area contributed by atoms with Gasteiger partial charge < -0.3 is 20.4 Å². The van der Waals surface area contributed by atoms with Crippen LogP contribution in [0.25, 0.3) is 0 Å². The number of hydrogen-bond donors (Lipinski definition) is 2. The van der Waals surface area contributed by atoms with Crippen LogP contribution in [0.3, 0.4) is 0 Å². The van der Waals surface area contributed by atoms with Crippen molar-refractivity contribution in [1.29, 1.82) is 0 Å². The third-order valence-corrected chi connectivity index (χ3v) is 6.03. The Morgan fingerprint density at radius 1 is 1.10 bits per heavy atom. The normalized spacial score (nSPS) is 19.3. The minimum absolute atomic E-state index is 0.201. The van der Waals surface area contributed by atoms with Crippen molar-refractivity contribution in [3.8, 4) is 0 Å². The van der Waals surface area contributed by atoms with Gasteiger partial charge in [-0.3, -0.25) is 9.69 Å². The van der Waals surface area contributed by atoms with E-state index in [0.29, 0.717) is 18.3 Å². The number of hydrogen-bond acceptors (Lipinski definition) is 7. The lowest BCUT2D eigenvalue weighted by Crippen LogP contribution is -2.48. The van der Waals surface area contributed by atoms with Crippen molar-refractivity contribution in [3.05, 3.63) is 12.3 Å². The molecule has 0 aromatic carbocycles. The highest BCUT2D eigenvalue weighted by molar-refractivity contribution is 5.76. The summed E-state index contributed by atoms with van der Waals surface area (Å²) in [5.74, 6) is 2.28. The van der Waals surface area contributed by atoms with E-state index in [4.69, 9.17) is 0 Å². The third kappa shape index (κ3) is 6.82. The number of amides is 1. The average Bonchev–Trinajstić information content (AvgIpc) is 2.76. The van der Waals surface area contributed by atoms with Crippen molar-refractivity contribution in [2.45, 2.75) is 32.6 Å². The number of aromatic nitrogens is 2. The van der Waals surface area contributed by atoms with Crippen LogP contribution < -0.4 is 15.5 Å². The van der Waals surface area contributed by atoms with Gasteiger partial charge in [-0.1, -0.05) is 6.92 Å². The van der Waals surface area contributed by atoms with Crippen LogP contribution in [0.2, 0.25) is 0 Å². The molecule has 0 unspecified atom stereocenters. The highest BCUT2D eigenvalue weighted by Gasteiger charge is 2.23. The molecule has 2 saturated heterocycles. The number of carbonyl (C=O) groups is 1. The molecule has 8 nitrogen and oxygen atoms in total. The summed E-state index contributed by atoms with van der Waals surface area (Å²) in [7, 11) is 1.83. The number of nitrogens with one attached hydrogen (secondary N) is 2. The highest BCUT2D eigenvalue weighted by atomic mass is 16.1. The summed E-state index contributed by atoms with van der Waals surface area (Å²) in [5.41, 5.74) is 0. The van der Waals surface area contributed by atoms with Crippen molar-refractivity contribution in [2.24, 2.45) is 5.92 Å². The standard InChI is InChI=1S/C21H37N7O/c1-3-9-26-13-15-27(16-14-26)12-8-23-20(29)17-18-5-10-28(11-6-18)19-4-7-24-21(22-2)25-19/h4,7,18H,3,5-6,8-17H2,1-2H3,(H,23,29)(H,22,24,25). The van der Waals surface area contributed by atoms with E-state index in [9.17, 15) is 4.79 Å². The van der Waals surface area contributed by atoms with Gasteiger partial charge in [0.2, 0.25) is 11.9 Å². The van der Waals surface area contributed by atoms with Crippen LogP contribution in [-0.4, -0.2) is 91.6 Å². The van der Waals surface area contributed by atoms with Crippen molar-refractivity contribution in [2.75, 3.05) is 76.2 Å². The summed E-state index contributed by atoms with van der Waals surface area (Å²) in [5, 5.41) is 6.12. The van der Waals surface area contributed by atoms with Crippen LogP contribution in [0, 0.1) is 5.92 Å². The smallest absolute Gasteiger partial charge is 0.224 e. The average molecular weight is 404 g/mol. The molecule has 162 valence electrons. The Balaban J connectivity index is 1.30. The molecule has 0 radical (unpaired) electrons. The van der Waals surface area contributed by atoms with Gasteiger partial charge in [0.15, 0.2) is 0 Å². The summed E-state index contributed by atoms with van der Waals surface area (Å²) in [6.07, 6.45) is 5.73. The Kier molecular flexibility index (Phi) is 8.49. The number of rotatable bonds is 9. The second-order valence-electron chi connectivity index (χ2n) is 8.16. The molecule has 3 rings (SSSR count). The Hall–Kier alpha value is -1.93. The molecule has 0 saturated carbocycles. The summed E-state index contributed by atoms with van der Waals surface area (Å²) >= 11 is 0. The fourth-order valence-electron chi connectivity index (χ4n) is 4.25. The first-order chi connectivity index (χ1) is 14.2. The van der Waals surface area contributed by atoms with Gasteiger partial charge in [0.25, 0.3) is 0 Å². The first-order valence-electron chi connectivity index (χ1n) is 11.1. The molecule has 2 N–H and O–H groups in total. The minimum Gasteiger partial charge on any atom is -0.357 e. The lowest BCUT2D eigenvalue weighted by atomic mass is 9.93. The second-order valence-corrected chi connectivity index (χ2v) is 8.16. The molecule has 1 amide bonds. The largest absolute Gasteiger partial charge is 0.357 e. The van der Waals surface area contributed by atoms with E-state index < -0.39 is 0 Å². The molecular weight excluding hydrogens is 366 g/mol. The predicted molar refractivity (Wildman–Crippen MR) is 117 cm³/mol. The molecule has 1 aromatic rings. The van der Waals surface area contributed by atoms with Gasteiger partial charge in [-0.05, 0) is 37.8 Å². The first kappa shape index (κ1) is 21.8. The van der Waals surface area contributed by atoms with Crippen LogP contribution >= 0.6 is 0 Å². The maximum absolute atomic E-state index is 12.3. The Bertz CT molecular complexity index is 625. The molecule has 0 atom stereocenters. The number of anilines is 2. The van der Waals surface area contributed by atoms with Crippen molar-refractivity contribution in [1.82, 2.24) is 25.1 Å². The first-order valence-corrected chi connectivity index (χ1v) is 11.1. The lowest BCUT2D eigenvalue weighted by molar-refractivity contribution is -0.122. The third-order valence-electron chi connectivity index (χ3n) is 6.03. The maximum Gasteiger partial charge on any atom is 0.224 e. The van der Waals surface area contributed by atoms with E-state index in [1.54, 1.807) is 6.20 Å². The van der Waals surface area contributed by atoms with Gasteiger partial charge in [-0.25, -0.2) is 4.98 Å².